The number of morpholine rings is 1. The number of anilines is 1. The molecule has 0 aliphatic carbocycles. The standard InChI is InChI=1S/C20H18ClF3N2O4S/c21-17-7-6-16(13-18(17)31(28,29)26-9-11-30-12-10-26)25-19(27)8-3-14-1-4-15(5-2-14)20(22,23)24/h1-8,13H,9-12H2,(H,25,27)/b8-3+. The Morgan fingerprint density at radius 1 is 1.10 bits per heavy atom. The molecule has 0 unspecified atom stereocenters. The van der Waals surface area contributed by atoms with Crippen LogP contribution in [0.3, 0.4) is 0 Å². The van der Waals surface area contributed by atoms with Crippen LogP contribution < -0.4 is 5.32 Å². The number of amides is 1. The van der Waals surface area contributed by atoms with E-state index in [4.69, 9.17) is 16.3 Å². The Morgan fingerprint density at radius 2 is 1.74 bits per heavy atom. The maximum absolute atomic E-state index is 12.8. The van der Waals surface area contributed by atoms with Gasteiger partial charge in [-0.3, -0.25) is 4.79 Å². The molecule has 1 heterocycles. The summed E-state index contributed by atoms with van der Waals surface area (Å²) in [6.45, 7) is 0.959. The van der Waals surface area contributed by atoms with Crippen molar-refractivity contribution in [1.82, 2.24) is 4.31 Å². The minimum absolute atomic E-state index is 0.0183. The highest BCUT2D eigenvalue weighted by Crippen LogP contribution is 2.30. The summed E-state index contributed by atoms with van der Waals surface area (Å²) in [5.74, 6) is -0.586. The van der Waals surface area contributed by atoms with Gasteiger partial charge in [0.25, 0.3) is 0 Å². The molecule has 1 N–H and O–H groups in total. The van der Waals surface area contributed by atoms with Crippen LogP contribution >= 0.6 is 11.6 Å². The van der Waals surface area contributed by atoms with Gasteiger partial charge in [0.2, 0.25) is 15.9 Å². The summed E-state index contributed by atoms with van der Waals surface area (Å²) in [4.78, 5) is 12.0. The number of ether oxygens (including phenoxy) is 1. The Hall–Kier alpha value is -2.40. The van der Waals surface area contributed by atoms with Gasteiger partial charge in [0.1, 0.15) is 4.90 Å². The Kier molecular flexibility index (Phi) is 7.05. The fourth-order valence-electron chi connectivity index (χ4n) is 2.84. The lowest BCUT2D eigenvalue weighted by Crippen LogP contribution is -2.40. The van der Waals surface area contributed by atoms with E-state index in [2.05, 4.69) is 5.32 Å². The van der Waals surface area contributed by atoms with Crippen molar-refractivity contribution >= 4 is 39.3 Å². The second kappa shape index (κ2) is 9.39. The van der Waals surface area contributed by atoms with Crippen molar-refractivity contribution in [2.45, 2.75) is 11.1 Å². The topological polar surface area (TPSA) is 75.7 Å². The molecular weight excluding hydrogens is 457 g/mol. The largest absolute Gasteiger partial charge is 0.416 e. The van der Waals surface area contributed by atoms with Crippen LogP contribution in [0.4, 0.5) is 18.9 Å². The Labute approximate surface area is 182 Å². The maximum Gasteiger partial charge on any atom is 0.416 e. The number of rotatable bonds is 5. The number of nitrogens with one attached hydrogen (secondary N) is 1. The lowest BCUT2D eigenvalue weighted by Gasteiger charge is -2.26. The number of hydrogen-bond acceptors (Lipinski definition) is 4. The van der Waals surface area contributed by atoms with E-state index in [0.29, 0.717) is 5.56 Å². The Balaban J connectivity index is 1.72. The fraction of sp³-hybridized carbons (Fsp3) is 0.250. The summed E-state index contributed by atoms with van der Waals surface area (Å²) >= 11 is 6.08. The molecule has 1 amide bonds. The quantitative estimate of drug-likeness (QED) is 0.664. The summed E-state index contributed by atoms with van der Waals surface area (Å²) in [6, 6.07) is 8.38. The van der Waals surface area contributed by atoms with Gasteiger partial charge in [-0.15, -0.1) is 0 Å². The van der Waals surface area contributed by atoms with Gasteiger partial charge in [-0.05, 0) is 42.0 Å². The molecule has 166 valence electrons. The number of nitrogens with zero attached hydrogens (tertiary/aromatic N) is 1. The van der Waals surface area contributed by atoms with Crippen molar-refractivity contribution in [3.8, 4) is 0 Å². The average Bonchev–Trinajstić information content (AvgIpc) is 2.74. The normalized spacial score (nSPS) is 15.9. The van der Waals surface area contributed by atoms with E-state index in [1.807, 2.05) is 0 Å². The van der Waals surface area contributed by atoms with Crippen LogP contribution in [0.15, 0.2) is 53.4 Å². The van der Waals surface area contributed by atoms with Crippen LogP contribution in [-0.2, 0) is 25.7 Å². The van der Waals surface area contributed by atoms with Crippen molar-refractivity contribution in [2.75, 3.05) is 31.6 Å². The predicted octanol–water partition coefficient (Wildman–Crippen LogP) is 4.03. The molecule has 0 aromatic heterocycles. The van der Waals surface area contributed by atoms with Gasteiger partial charge in [-0.2, -0.15) is 17.5 Å². The number of alkyl halides is 3. The molecule has 1 saturated heterocycles. The first-order valence-electron chi connectivity index (χ1n) is 9.11. The van der Waals surface area contributed by atoms with Gasteiger partial charge < -0.3 is 10.1 Å². The third-order valence-corrected chi connectivity index (χ3v) is 6.83. The zero-order valence-electron chi connectivity index (χ0n) is 16.0. The smallest absolute Gasteiger partial charge is 0.379 e. The highest BCUT2D eigenvalue weighted by atomic mass is 35.5. The van der Waals surface area contributed by atoms with E-state index in [9.17, 15) is 26.4 Å². The van der Waals surface area contributed by atoms with Crippen molar-refractivity contribution in [3.63, 3.8) is 0 Å². The van der Waals surface area contributed by atoms with E-state index >= 15 is 0 Å². The first-order valence-corrected chi connectivity index (χ1v) is 10.9. The zero-order valence-corrected chi connectivity index (χ0v) is 17.6. The van der Waals surface area contributed by atoms with E-state index in [1.165, 1.54) is 40.7 Å². The number of hydrogen-bond donors (Lipinski definition) is 1. The van der Waals surface area contributed by atoms with Crippen LogP contribution in [0.1, 0.15) is 11.1 Å². The molecule has 0 spiro atoms. The highest BCUT2D eigenvalue weighted by Gasteiger charge is 2.30. The van der Waals surface area contributed by atoms with Crippen LogP contribution in [-0.4, -0.2) is 44.9 Å². The molecule has 1 aliphatic rings. The summed E-state index contributed by atoms with van der Waals surface area (Å²) in [7, 11) is -3.86. The van der Waals surface area contributed by atoms with Crippen LogP contribution in [0, 0.1) is 0 Å². The average molecular weight is 475 g/mol. The SMILES string of the molecule is O=C(/C=C/c1ccc(C(F)(F)F)cc1)Nc1ccc(Cl)c(S(=O)(=O)N2CCOCC2)c1. The van der Waals surface area contributed by atoms with Gasteiger partial charge in [-0.1, -0.05) is 23.7 Å². The number of halogens is 4. The second-order valence-electron chi connectivity index (χ2n) is 6.60. The Bertz CT molecular complexity index is 1080. The van der Waals surface area contributed by atoms with Crippen LogP contribution in [0.25, 0.3) is 6.08 Å². The lowest BCUT2D eigenvalue weighted by atomic mass is 10.1. The first kappa shape index (κ1) is 23.3. The third kappa shape index (κ3) is 5.85. The third-order valence-electron chi connectivity index (χ3n) is 4.45. The molecule has 0 radical (unpaired) electrons. The van der Waals surface area contributed by atoms with Gasteiger partial charge in [0.05, 0.1) is 23.8 Å². The van der Waals surface area contributed by atoms with Gasteiger partial charge in [0.15, 0.2) is 0 Å². The van der Waals surface area contributed by atoms with E-state index in [-0.39, 0.29) is 41.9 Å². The number of benzene rings is 2. The molecule has 3 rings (SSSR count). The summed E-state index contributed by atoms with van der Waals surface area (Å²) < 4.78 is 69.9. The van der Waals surface area contributed by atoms with E-state index in [1.54, 1.807) is 0 Å². The first-order chi connectivity index (χ1) is 14.6. The van der Waals surface area contributed by atoms with E-state index < -0.39 is 27.7 Å². The summed E-state index contributed by atoms with van der Waals surface area (Å²) in [5.41, 5.74) is -0.183. The summed E-state index contributed by atoms with van der Waals surface area (Å²) in [6.07, 6.45) is -1.96. The molecular formula is C20H18ClF3N2O4S. The second-order valence-corrected chi connectivity index (χ2v) is 8.92. The van der Waals surface area contributed by atoms with Crippen LogP contribution in [0.2, 0.25) is 5.02 Å². The molecule has 31 heavy (non-hydrogen) atoms. The molecule has 0 atom stereocenters. The molecule has 0 bridgehead atoms. The number of carbonyl (C=O) groups excluding carboxylic acids is 1. The number of sulfonamides is 1. The lowest BCUT2D eigenvalue weighted by molar-refractivity contribution is -0.137. The van der Waals surface area contributed by atoms with Gasteiger partial charge >= 0.3 is 6.18 Å². The molecule has 2 aromatic carbocycles. The van der Waals surface area contributed by atoms with E-state index in [0.717, 1.165) is 18.2 Å². The zero-order chi connectivity index (χ0) is 22.6. The molecule has 1 fully saturated rings. The molecule has 2 aromatic rings. The Morgan fingerprint density at radius 3 is 2.35 bits per heavy atom. The van der Waals surface area contributed by atoms with Crippen molar-refractivity contribution in [2.24, 2.45) is 0 Å². The van der Waals surface area contributed by atoms with Crippen molar-refractivity contribution in [3.05, 3.63) is 64.7 Å². The maximum atomic E-state index is 12.8. The van der Waals surface area contributed by atoms with Gasteiger partial charge in [0, 0.05) is 24.9 Å². The van der Waals surface area contributed by atoms with Crippen molar-refractivity contribution < 1.29 is 31.1 Å². The minimum Gasteiger partial charge on any atom is -0.379 e. The molecule has 11 heteroatoms. The predicted molar refractivity (Wildman–Crippen MR) is 110 cm³/mol. The molecule has 1 aliphatic heterocycles. The molecule has 6 nitrogen and oxygen atoms in total. The molecule has 0 saturated carbocycles. The highest BCUT2D eigenvalue weighted by molar-refractivity contribution is 7.89. The van der Waals surface area contributed by atoms with Crippen molar-refractivity contribution in [1.29, 1.82) is 0 Å². The monoisotopic (exact) mass is 474 g/mol. The summed E-state index contributed by atoms with van der Waals surface area (Å²) in [5, 5.41) is 2.54. The van der Waals surface area contributed by atoms with Gasteiger partial charge in [-0.25, -0.2) is 8.42 Å². The minimum atomic E-state index is -4.44. The van der Waals surface area contributed by atoms with Crippen LogP contribution in [0.5, 0.6) is 0 Å². The number of carbonyl (C=O) groups is 1. The fourth-order valence-corrected chi connectivity index (χ4v) is 4.75.